The minimum atomic E-state index is -0.107. The van der Waals surface area contributed by atoms with Crippen LogP contribution in [0.15, 0.2) is 57.5 Å². The summed E-state index contributed by atoms with van der Waals surface area (Å²) in [5.74, 6) is 1.52. The van der Waals surface area contributed by atoms with Crippen molar-refractivity contribution in [2.24, 2.45) is 0 Å². The fraction of sp³-hybridized carbons (Fsp3) is 0.211. The van der Waals surface area contributed by atoms with Gasteiger partial charge >= 0.3 is 0 Å². The topological polar surface area (TPSA) is 77.3 Å². The first-order valence-electron chi connectivity index (χ1n) is 8.21. The predicted octanol–water partition coefficient (Wildman–Crippen LogP) is 3.76. The van der Waals surface area contributed by atoms with Crippen LogP contribution in [0, 0.1) is 0 Å². The van der Waals surface area contributed by atoms with Crippen LogP contribution in [-0.2, 0) is 17.8 Å². The van der Waals surface area contributed by atoms with Crippen LogP contribution in [0.3, 0.4) is 0 Å². The van der Waals surface area contributed by atoms with E-state index in [2.05, 4.69) is 31.4 Å². The van der Waals surface area contributed by atoms with Crippen LogP contribution < -0.4 is 10.1 Å². The van der Waals surface area contributed by atoms with E-state index in [-0.39, 0.29) is 12.5 Å². The number of rotatable bonds is 7. The largest absolute Gasteiger partial charge is 0.494 e. The van der Waals surface area contributed by atoms with Gasteiger partial charge in [-0.05, 0) is 48.9 Å². The summed E-state index contributed by atoms with van der Waals surface area (Å²) in [7, 11) is 0. The lowest BCUT2D eigenvalue weighted by molar-refractivity contribution is -0.120. The van der Waals surface area contributed by atoms with Gasteiger partial charge in [-0.25, -0.2) is 0 Å². The number of benzene rings is 2. The maximum absolute atomic E-state index is 12.0. The lowest BCUT2D eigenvalue weighted by atomic mass is 10.1. The smallest absolute Gasteiger partial charge is 0.246 e. The van der Waals surface area contributed by atoms with Gasteiger partial charge < -0.3 is 14.6 Å². The molecular formula is C19H18BrN3O3. The number of nitrogens with one attached hydrogen (secondary N) is 1. The van der Waals surface area contributed by atoms with E-state index in [0.29, 0.717) is 24.7 Å². The zero-order chi connectivity index (χ0) is 18.4. The van der Waals surface area contributed by atoms with Gasteiger partial charge in [0.25, 0.3) is 0 Å². The summed E-state index contributed by atoms with van der Waals surface area (Å²) in [6.45, 7) is 2.74. The van der Waals surface area contributed by atoms with E-state index >= 15 is 0 Å². The Bertz CT molecular complexity index is 878. The van der Waals surface area contributed by atoms with Crippen LogP contribution in [0.25, 0.3) is 11.4 Å². The first kappa shape index (κ1) is 18.1. The van der Waals surface area contributed by atoms with Crippen molar-refractivity contribution in [3.8, 4) is 17.1 Å². The zero-order valence-electron chi connectivity index (χ0n) is 14.2. The van der Waals surface area contributed by atoms with Gasteiger partial charge in [0.1, 0.15) is 5.75 Å². The van der Waals surface area contributed by atoms with Crippen molar-refractivity contribution in [3.63, 3.8) is 0 Å². The quantitative estimate of drug-likeness (QED) is 0.635. The summed E-state index contributed by atoms with van der Waals surface area (Å²) in [4.78, 5) is 16.4. The van der Waals surface area contributed by atoms with Gasteiger partial charge in [-0.1, -0.05) is 33.2 Å². The molecule has 0 atom stereocenters. The van der Waals surface area contributed by atoms with Crippen molar-refractivity contribution in [2.75, 3.05) is 6.61 Å². The van der Waals surface area contributed by atoms with E-state index in [4.69, 9.17) is 9.26 Å². The van der Waals surface area contributed by atoms with Crippen molar-refractivity contribution in [3.05, 3.63) is 64.5 Å². The Morgan fingerprint density at radius 1 is 1.23 bits per heavy atom. The third kappa shape index (κ3) is 4.92. The van der Waals surface area contributed by atoms with Crippen LogP contribution in [0.2, 0.25) is 0 Å². The van der Waals surface area contributed by atoms with E-state index < -0.39 is 0 Å². The van der Waals surface area contributed by atoms with Crippen molar-refractivity contribution in [2.45, 2.75) is 19.9 Å². The summed E-state index contributed by atoms with van der Waals surface area (Å²) in [5.41, 5.74) is 1.75. The molecule has 0 saturated carbocycles. The van der Waals surface area contributed by atoms with Gasteiger partial charge in [0.2, 0.25) is 17.6 Å². The van der Waals surface area contributed by atoms with E-state index in [1.54, 1.807) is 0 Å². The zero-order valence-corrected chi connectivity index (χ0v) is 15.8. The molecule has 1 heterocycles. The minimum absolute atomic E-state index is 0.107. The summed E-state index contributed by atoms with van der Waals surface area (Å²) in [5, 5.41) is 6.74. The predicted molar refractivity (Wildman–Crippen MR) is 101 cm³/mol. The first-order valence-corrected chi connectivity index (χ1v) is 9.00. The fourth-order valence-corrected chi connectivity index (χ4v) is 2.83. The molecular weight excluding hydrogens is 398 g/mol. The van der Waals surface area contributed by atoms with Crippen molar-refractivity contribution < 1.29 is 14.1 Å². The number of hydrogen-bond donors (Lipinski definition) is 1. The summed E-state index contributed by atoms with van der Waals surface area (Å²) in [6.07, 6.45) is 0.291. The van der Waals surface area contributed by atoms with Gasteiger partial charge in [-0.3, -0.25) is 4.79 Å². The fourth-order valence-electron chi connectivity index (χ4n) is 2.38. The first-order chi connectivity index (χ1) is 12.6. The Hall–Kier alpha value is -2.67. The molecule has 0 spiro atoms. The molecule has 6 nitrogen and oxygen atoms in total. The van der Waals surface area contributed by atoms with Crippen molar-refractivity contribution in [1.29, 1.82) is 0 Å². The second kappa shape index (κ2) is 8.62. The van der Waals surface area contributed by atoms with Gasteiger partial charge in [0, 0.05) is 10.0 Å². The number of carbonyl (C=O) groups excluding carboxylic acids is 1. The standard InChI is InChI=1S/C19H18BrN3O3/c1-2-25-16-8-6-14(7-9-16)19-22-18(26-23-19)12-21-17(24)11-13-4-3-5-15(20)10-13/h3-10H,2,11-12H2,1H3,(H,21,24). The van der Waals surface area contributed by atoms with Gasteiger partial charge in [-0.2, -0.15) is 4.98 Å². The van der Waals surface area contributed by atoms with Crippen molar-refractivity contribution in [1.82, 2.24) is 15.5 Å². The normalized spacial score (nSPS) is 10.5. The molecule has 134 valence electrons. The maximum Gasteiger partial charge on any atom is 0.246 e. The highest BCUT2D eigenvalue weighted by molar-refractivity contribution is 9.10. The molecule has 1 N–H and O–H groups in total. The van der Waals surface area contributed by atoms with Crippen LogP contribution in [0.4, 0.5) is 0 Å². The molecule has 0 aliphatic heterocycles. The lowest BCUT2D eigenvalue weighted by Gasteiger charge is -2.03. The molecule has 2 aromatic carbocycles. The number of halogens is 1. The molecule has 0 fully saturated rings. The highest BCUT2D eigenvalue weighted by atomic mass is 79.9. The van der Waals surface area contributed by atoms with Crippen LogP contribution >= 0.6 is 15.9 Å². The molecule has 26 heavy (non-hydrogen) atoms. The Labute approximate surface area is 159 Å². The van der Waals surface area contributed by atoms with Gasteiger partial charge in [-0.15, -0.1) is 0 Å². The highest BCUT2D eigenvalue weighted by Crippen LogP contribution is 2.20. The SMILES string of the molecule is CCOc1ccc(-c2noc(CNC(=O)Cc3cccc(Br)c3)n2)cc1. The lowest BCUT2D eigenvalue weighted by Crippen LogP contribution is -2.24. The third-order valence-electron chi connectivity index (χ3n) is 3.58. The molecule has 0 aliphatic carbocycles. The minimum Gasteiger partial charge on any atom is -0.494 e. The third-order valence-corrected chi connectivity index (χ3v) is 4.08. The molecule has 0 unspecified atom stereocenters. The number of ether oxygens (including phenoxy) is 1. The second-order valence-corrected chi connectivity index (χ2v) is 6.47. The Morgan fingerprint density at radius 3 is 2.77 bits per heavy atom. The average molecular weight is 416 g/mol. The van der Waals surface area contributed by atoms with Gasteiger partial charge in [0.05, 0.1) is 19.6 Å². The summed E-state index contributed by atoms with van der Waals surface area (Å²) < 4.78 is 11.6. The second-order valence-electron chi connectivity index (χ2n) is 5.55. The van der Waals surface area contributed by atoms with Crippen LogP contribution in [0.1, 0.15) is 18.4 Å². The van der Waals surface area contributed by atoms with E-state index in [1.807, 2.05) is 55.5 Å². The number of aromatic nitrogens is 2. The summed E-state index contributed by atoms with van der Waals surface area (Å²) >= 11 is 3.39. The monoisotopic (exact) mass is 415 g/mol. The average Bonchev–Trinajstić information content (AvgIpc) is 3.10. The Morgan fingerprint density at radius 2 is 2.04 bits per heavy atom. The van der Waals surface area contributed by atoms with Gasteiger partial charge in [0.15, 0.2) is 0 Å². The Balaban J connectivity index is 1.55. The Kier molecular flexibility index (Phi) is 6.01. The van der Waals surface area contributed by atoms with E-state index in [0.717, 1.165) is 21.3 Å². The van der Waals surface area contributed by atoms with E-state index in [1.165, 1.54) is 0 Å². The molecule has 0 aliphatic rings. The van der Waals surface area contributed by atoms with Crippen molar-refractivity contribution >= 4 is 21.8 Å². The molecule has 7 heteroatoms. The number of hydrogen-bond acceptors (Lipinski definition) is 5. The molecule has 0 bridgehead atoms. The number of carbonyl (C=O) groups is 1. The maximum atomic E-state index is 12.0. The number of amides is 1. The van der Waals surface area contributed by atoms with Crippen LogP contribution in [0.5, 0.6) is 5.75 Å². The molecule has 0 saturated heterocycles. The molecule has 1 amide bonds. The number of nitrogens with zero attached hydrogens (tertiary/aromatic N) is 2. The molecule has 3 rings (SSSR count). The molecule has 1 aromatic heterocycles. The molecule has 3 aromatic rings. The van der Waals surface area contributed by atoms with Crippen LogP contribution in [-0.4, -0.2) is 22.7 Å². The highest BCUT2D eigenvalue weighted by Gasteiger charge is 2.10. The summed E-state index contributed by atoms with van der Waals surface area (Å²) in [6, 6.07) is 15.1. The van der Waals surface area contributed by atoms with E-state index in [9.17, 15) is 4.79 Å². The molecule has 0 radical (unpaired) electrons.